The first-order valence-corrected chi connectivity index (χ1v) is 18.7. The molecule has 0 spiro atoms. The first kappa shape index (κ1) is 38.4. The minimum atomic E-state index is -0.654. The number of carbonyl (C=O) groups is 1. The van der Waals surface area contributed by atoms with Crippen LogP contribution in [0.1, 0.15) is 162 Å². The van der Waals surface area contributed by atoms with Crippen molar-refractivity contribution in [1.29, 1.82) is 0 Å². The normalized spacial score (nSPS) is 27.8. The van der Waals surface area contributed by atoms with Gasteiger partial charge in [-0.1, -0.05) is 71.1 Å². The largest absolute Gasteiger partial charge is 0.455 e. The van der Waals surface area contributed by atoms with Gasteiger partial charge in [0.25, 0.3) is 0 Å². The highest BCUT2D eigenvalue weighted by molar-refractivity contribution is 5.90. The van der Waals surface area contributed by atoms with E-state index < -0.39 is 18.3 Å². The molecule has 0 radical (unpaired) electrons. The molecule has 8 heteroatoms. The average Bonchev–Trinajstić information content (AvgIpc) is 3.77. The molecule has 3 heterocycles. The van der Waals surface area contributed by atoms with Gasteiger partial charge in [0.2, 0.25) is 0 Å². The van der Waals surface area contributed by atoms with Crippen molar-refractivity contribution in [3.63, 3.8) is 0 Å². The average molecular weight is 639 g/mol. The third kappa shape index (κ3) is 14.7. The molecule has 8 nitrogen and oxygen atoms in total. The van der Waals surface area contributed by atoms with Gasteiger partial charge in [0, 0.05) is 5.57 Å². The van der Waals surface area contributed by atoms with Gasteiger partial charge in [0.1, 0.15) is 6.10 Å². The molecule has 0 aromatic carbocycles. The zero-order valence-corrected chi connectivity index (χ0v) is 28.5. The Morgan fingerprint density at radius 1 is 0.667 bits per heavy atom. The summed E-state index contributed by atoms with van der Waals surface area (Å²) in [5.41, 5.74) is 0.846. The first-order valence-electron chi connectivity index (χ1n) is 18.7. The van der Waals surface area contributed by atoms with Crippen molar-refractivity contribution < 1.29 is 39.4 Å². The highest BCUT2D eigenvalue weighted by atomic mass is 16.5. The molecule has 262 valence electrons. The second-order valence-electron chi connectivity index (χ2n) is 14.2. The SMILES string of the molecule is CCCCCCC(O)CCC[C@@H](O)[C@@H]1CC[C@@H]([C@@H](O)CC[C@H](O)[C@@H]2CC[C@H](CCCCCCCCCC3=CC(C)OC3=O)O2)O1. The van der Waals surface area contributed by atoms with E-state index in [1.807, 2.05) is 13.0 Å². The molecule has 3 rings (SSSR count). The second-order valence-corrected chi connectivity index (χ2v) is 14.2. The van der Waals surface area contributed by atoms with Crippen LogP contribution in [-0.2, 0) is 19.0 Å². The molecule has 2 fully saturated rings. The number of unbranched alkanes of at least 4 members (excludes halogenated alkanes) is 9. The summed E-state index contributed by atoms with van der Waals surface area (Å²) in [6, 6.07) is 0. The highest BCUT2D eigenvalue weighted by Gasteiger charge is 2.36. The fourth-order valence-electron chi connectivity index (χ4n) is 7.28. The van der Waals surface area contributed by atoms with Crippen molar-refractivity contribution in [3.8, 4) is 0 Å². The Bertz CT molecular complexity index is 833. The molecule has 3 aliphatic heterocycles. The van der Waals surface area contributed by atoms with Crippen molar-refractivity contribution in [3.05, 3.63) is 11.6 Å². The summed E-state index contributed by atoms with van der Waals surface area (Å²) in [5, 5.41) is 42.3. The third-order valence-electron chi connectivity index (χ3n) is 10.2. The molecule has 0 aromatic heterocycles. The number of aliphatic hydroxyl groups excluding tert-OH is 4. The van der Waals surface area contributed by atoms with E-state index >= 15 is 0 Å². The lowest BCUT2D eigenvalue weighted by Gasteiger charge is -2.24. The predicted octanol–water partition coefficient (Wildman–Crippen LogP) is 6.83. The van der Waals surface area contributed by atoms with Gasteiger partial charge in [0.05, 0.1) is 48.8 Å². The number of cyclic esters (lactones) is 1. The van der Waals surface area contributed by atoms with Crippen molar-refractivity contribution in [2.45, 2.75) is 216 Å². The summed E-state index contributed by atoms with van der Waals surface area (Å²) >= 11 is 0. The summed E-state index contributed by atoms with van der Waals surface area (Å²) in [6.45, 7) is 4.09. The lowest BCUT2D eigenvalue weighted by atomic mass is 9.98. The van der Waals surface area contributed by atoms with Gasteiger partial charge in [-0.05, 0) is 96.5 Å². The monoisotopic (exact) mass is 638 g/mol. The summed E-state index contributed by atoms with van der Waals surface area (Å²) in [4.78, 5) is 11.7. The number of rotatable bonds is 25. The summed E-state index contributed by atoms with van der Waals surface area (Å²) in [5.74, 6) is -0.138. The van der Waals surface area contributed by atoms with Crippen LogP contribution in [-0.4, -0.2) is 81.3 Å². The molecule has 45 heavy (non-hydrogen) atoms. The van der Waals surface area contributed by atoms with Crippen LogP contribution < -0.4 is 0 Å². The van der Waals surface area contributed by atoms with Gasteiger partial charge in [-0.3, -0.25) is 0 Å². The molecule has 0 aliphatic carbocycles. The van der Waals surface area contributed by atoms with Crippen LogP contribution in [0.25, 0.3) is 0 Å². The number of ether oxygens (including phenoxy) is 3. The quantitative estimate of drug-likeness (QED) is 0.0634. The fraction of sp³-hybridized carbons (Fsp3) is 0.919. The number of hydrogen-bond acceptors (Lipinski definition) is 8. The molecule has 9 atom stereocenters. The molecular formula is C37H66O8. The number of hydrogen-bond donors (Lipinski definition) is 4. The number of aliphatic hydroxyl groups is 4. The van der Waals surface area contributed by atoms with Crippen LogP contribution in [0.15, 0.2) is 11.6 Å². The Morgan fingerprint density at radius 2 is 1.22 bits per heavy atom. The second kappa shape index (κ2) is 21.8. The Kier molecular flexibility index (Phi) is 18.6. The maximum absolute atomic E-state index is 11.7. The van der Waals surface area contributed by atoms with Gasteiger partial charge in [-0.2, -0.15) is 0 Å². The van der Waals surface area contributed by atoms with E-state index in [0.717, 1.165) is 82.6 Å². The topological polar surface area (TPSA) is 126 Å². The van der Waals surface area contributed by atoms with Crippen LogP contribution in [0.4, 0.5) is 0 Å². The standard InChI is InChI=1S/C37H66O8/c1-3-4-5-12-16-29(38)17-14-19-31(39)35-24-25-36(45-35)33(41)22-21-32(40)34-23-20-30(44-34)18-13-10-8-6-7-9-11-15-28-26-27(2)43-37(28)42/h26-27,29-36,38-41H,3-25H2,1-2H3/t27?,29?,30-,31+,32-,33-,34-,35-,36-/m0/s1. The molecule has 2 unspecified atom stereocenters. The minimum Gasteiger partial charge on any atom is -0.455 e. The molecule has 4 N–H and O–H groups in total. The molecule has 0 aromatic rings. The molecule has 3 aliphatic rings. The minimum absolute atomic E-state index is 0.0675. The van der Waals surface area contributed by atoms with E-state index in [4.69, 9.17) is 14.2 Å². The summed E-state index contributed by atoms with van der Waals surface area (Å²) < 4.78 is 17.4. The zero-order valence-electron chi connectivity index (χ0n) is 28.5. The van der Waals surface area contributed by atoms with E-state index in [-0.39, 0.29) is 42.6 Å². The predicted molar refractivity (Wildman–Crippen MR) is 177 cm³/mol. The van der Waals surface area contributed by atoms with Crippen LogP contribution in [0, 0.1) is 0 Å². The van der Waals surface area contributed by atoms with Gasteiger partial charge in [0.15, 0.2) is 0 Å². The van der Waals surface area contributed by atoms with Crippen LogP contribution in [0.2, 0.25) is 0 Å². The Hall–Kier alpha value is -1.03. The maximum atomic E-state index is 11.7. The van der Waals surface area contributed by atoms with Crippen molar-refractivity contribution in [2.24, 2.45) is 0 Å². The van der Waals surface area contributed by atoms with Gasteiger partial charge in [-0.25, -0.2) is 4.79 Å². The Labute approximate surface area is 273 Å². The molecule has 0 amide bonds. The molecule has 2 saturated heterocycles. The van der Waals surface area contributed by atoms with Crippen LogP contribution in [0.5, 0.6) is 0 Å². The van der Waals surface area contributed by atoms with Gasteiger partial charge < -0.3 is 34.6 Å². The van der Waals surface area contributed by atoms with Crippen LogP contribution >= 0.6 is 0 Å². The fourth-order valence-corrected chi connectivity index (χ4v) is 7.28. The Morgan fingerprint density at radius 3 is 1.87 bits per heavy atom. The van der Waals surface area contributed by atoms with E-state index in [9.17, 15) is 25.2 Å². The van der Waals surface area contributed by atoms with E-state index in [1.54, 1.807) is 0 Å². The van der Waals surface area contributed by atoms with Crippen LogP contribution in [0.3, 0.4) is 0 Å². The smallest absolute Gasteiger partial charge is 0.334 e. The van der Waals surface area contributed by atoms with Gasteiger partial charge >= 0.3 is 5.97 Å². The summed E-state index contributed by atoms with van der Waals surface area (Å²) in [6.07, 6.45) is 21.2. The molecular weight excluding hydrogens is 572 g/mol. The zero-order chi connectivity index (χ0) is 32.4. The van der Waals surface area contributed by atoms with E-state index in [1.165, 1.54) is 44.9 Å². The van der Waals surface area contributed by atoms with Crippen molar-refractivity contribution in [1.82, 2.24) is 0 Å². The van der Waals surface area contributed by atoms with Crippen molar-refractivity contribution in [2.75, 3.05) is 0 Å². The lowest BCUT2D eigenvalue weighted by Crippen LogP contribution is -2.33. The summed E-state index contributed by atoms with van der Waals surface area (Å²) in [7, 11) is 0. The number of esters is 1. The maximum Gasteiger partial charge on any atom is 0.334 e. The lowest BCUT2D eigenvalue weighted by molar-refractivity contribution is -0.139. The molecule has 0 bridgehead atoms. The first-order chi connectivity index (χ1) is 21.8. The van der Waals surface area contributed by atoms with E-state index in [2.05, 4.69) is 6.92 Å². The van der Waals surface area contributed by atoms with Gasteiger partial charge in [-0.15, -0.1) is 0 Å². The Balaban J connectivity index is 1.16. The molecule has 0 saturated carbocycles. The third-order valence-corrected chi connectivity index (χ3v) is 10.2. The van der Waals surface area contributed by atoms with E-state index in [0.29, 0.717) is 25.7 Å². The number of carbonyl (C=O) groups excluding carboxylic acids is 1. The highest BCUT2D eigenvalue weighted by Crippen LogP contribution is 2.31. The van der Waals surface area contributed by atoms with Crippen molar-refractivity contribution >= 4 is 5.97 Å².